The van der Waals surface area contributed by atoms with E-state index in [1.165, 1.54) is 12.8 Å². The normalized spacial score (nSPS) is 18.2. The third kappa shape index (κ3) is 2.87. The van der Waals surface area contributed by atoms with Crippen LogP contribution < -0.4 is 11.3 Å². The van der Waals surface area contributed by atoms with Gasteiger partial charge in [-0.1, -0.05) is 0 Å². The first kappa shape index (κ1) is 12.4. The van der Waals surface area contributed by atoms with Gasteiger partial charge in [-0.25, -0.2) is 10.8 Å². The van der Waals surface area contributed by atoms with Gasteiger partial charge in [0, 0.05) is 23.8 Å². The number of hydrogen-bond acceptors (Lipinski definition) is 4. The Morgan fingerprint density at radius 3 is 2.74 bits per heavy atom. The maximum atomic E-state index is 12.6. The molecule has 0 bridgehead atoms. The number of nitrogen functional groups attached to an aromatic ring is 1. The van der Waals surface area contributed by atoms with Gasteiger partial charge in [-0.3, -0.25) is 4.79 Å². The molecule has 0 unspecified atom stereocenters. The van der Waals surface area contributed by atoms with E-state index in [0.717, 1.165) is 31.0 Å². The van der Waals surface area contributed by atoms with E-state index >= 15 is 0 Å². The van der Waals surface area contributed by atoms with Gasteiger partial charge in [0.05, 0.1) is 0 Å². The van der Waals surface area contributed by atoms with Crippen molar-refractivity contribution in [2.45, 2.75) is 38.6 Å². The Hall–Kier alpha value is -1.62. The predicted molar refractivity (Wildman–Crippen MR) is 73.6 cm³/mol. The van der Waals surface area contributed by atoms with E-state index in [-0.39, 0.29) is 5.91 Å². The van der Waals surface area contributed by atoms with Crippen LogP contribution in [0.1, 0.15) is 41.7 Å². The summed E-state index contributed by atoms with van der Waals surface area (Å²) in [4.78, 5) is 18.9. The third-order valence-corrected chi connectivity index (χ3v) is 3.75. The van der Waals surface area contributed by atoms with Crippen LogP contribution in [-0.4, -0.2) is 28.4 Å². The largest absolute Gasteiger partial charge is 0.335 e. The highest BCUT2D eigenvalue weighted by Crippen LogP contribution is 2.35. The Morgan fingerprint density at radius 1 is 1.42 bits per heavy atom. The maximum Gasteiger partial charge on any atom is 0.254 e. The number of hydrazine groups is 1. The van der Waals surface area contributed by atoms with Gasteiger partial charge in [0.2, 0.25) is 0 Å². The first-order valence-electron chi connectivity index (χ1n) is 6.93. The lowest BCUT2D eigenvalue weighted by atomic mass is 10.2. The molecule has 2 saturated carbocycles. The lowest BCUT2D eigenvalue weighted by molar-refractivity contribution is 0.0734. The Bertz CT molecular complexity index is 494. The third-order valence-electron chi connectivity index (χ3n) is 3.75. The van der Waals surface area contributed by atoms with E-state index in [2.05, 4.69) is 10.4 Å². The molecule has 3 N–H and O–H groups in total. The molecule has 0 aliphatic heterocycles. The van der Waals surface area contributed by atoms with Crippen molar-refractivity contribution >= 4 is 11.7 Å². The summed E-state index contributed by atoms with van der Waals surface area (Å²) in [5, 5.41) is 0. The second-order valence-corrected chi connectivity index (χ2v) is 5.66. The number of nitrogens with zero attached hydrogens (tertiary/aromatic N) is 2. The van der Waals surface area contributed by atoms with Gasteiger partial charge in [-0.2, -0.15) is 0 Å². The molecular formula is C14H20N4O. The molecule has 5 nitrogen and oxygen atoms in total. The molecule has 5 heteroatoms. The van der Waals surface area contributed by atoms with E-state index < -0.39 is 0 Å². The molecule has 0 spiro atoms. The van der Waals surface area contributed by atoms with Crippen LogP contribution in [0.25, 0.3) is 0 Å². The fraction of sp³-hybridized carbons (Fsp3) is 0.571. The Balaban J connectivity index is 1.81. The standard InChI is InChI=1S/C14H20N4O/c1-9-6-11(7-13(16-9)17-15)14(19)18(12-4-5-12)8-10-2-3-10/h6-7,10,12H,2-5,8,15H2,1H3,(H,16,17). The van der Waals surface area contributed by atoms with Crippen molar-refractivity contribution in [3.05, 3.63) is 23.4 Å². The van der Waals surface area contributed by atoms with Crippen LogP contribution >= 0.6 is 0 Å². The molecule has 102 valence electrons. The zero-order valence-corrected chi connectivity index (χ0v) is 11.2. The molecule has 1 aromatic heterocycles. The number of rotatable bonds is 5. The second-order valence-electron chi connectivity index (χ2n) is 5.66. The number of nitrogens with two attached hydrogens (primary N) is 1. The summed E-state index contributed by atoms with van der Waals surface area (Å²) in [6.45, 7) is 2.79. The number of amides is 1. The minimum Gasteiger partial charge on any atom is -0.335 e. The SMILES string of the molecule is Cc1cc(C(=O)N(CC2CC2)C2CC2)cc(NN)n1. The summed E-state index contributed by atoms with van der Waals surface area (Å²) in [5.74, 6) is 6.78. The number of aromatic nitrogens is 1. The molecule has 0 atom stereocenters. The summed E-state index contributed by atoms with van der Waals surface area (Å²) < 4.78 is 0. The second kappa shape index (κ2) is 4.81. The average molecular weight is 260 g/mol. The molecule has 0 radical (unpaired) electrons. The first-order chi connectivity index (χ1) is 9.17. The molecular weight excluding hydrogens is 240 g/mol. The topological polar surface area (TPSA) is 71.2 Å². The zero-order valence-electron chi connectivity index (χ0n) is 11.2. The molecule has 2 fully saturated rings. The molecule has 19 heavy (non-hydrogen) atoms. The van der Waals surface area contributed by atoms with Gasteiger partial charge < -0.3 is 10.3 Å². The van der Waals surface area contributed by atoms with Gasteiger partial charge in [0.15, 0.2) is 0 Å². The number of aryl methyl sites for hydroxylation is 1. The van der Waals surface area contributed by atoms with Crippen LogP contribution in [0.15, 0.2) is 12.1 Å². The van der Waals surface area contributed by atoms with Crippen molar-refractivity contribution in [1.29, 1.82) is 0 Å². The monoisotopic (exact) mass is 260 g/mol. The molecule has 2 aliphatic rings. The van der Waals surface area contributed by atoms with Crippen LogP contribution in [0.4, 0.5) is 5.82 Å². The number of carbonyl (C=O) groups excluding carboxylic acids is 1. The van der Waals surface area contributed by atoms with Crippen molar-refractivity contribution in [2.75, 3.05) is 12.0 Å². The Morgan fingerprint density at radius 2 is 2.16 bits per heavy atom. The smallest absolute Gasteiger partial charge is 0.254 e. The summed E-state index contributed by atoms with van der Waals surface area (Å²) in [6.07, 6.45) is 4.82. The summed E-state index contributed by atoms with van der Waals surface area (Å²) >= 11 is 0. The number of nitrogens with one attached hydrogen (secondary N) is 1. The fourth-order valence-corrected chi connectivity index (χ4v) is 2.39. The van der Waals surface area contributed by atoms with E-state index in [0.29, 0.717) is 17.4 Å². The number of pyridine rings is 1. The van der Waals surface area contributed by atoms with E-state index in [1.807, 2.05) is 17.9 Å². The summed E-state index contributed by atoms with van der Waals surface area (Å²) in [7, 11) is 0. The zero-order chi connectivity index (χ0) is 13.4. The van der Waals surface area contributed by atoms with Crippen LogP contribution in [0.5, 0.6) is 0 Å². The Kier molecular flexibility index (Phi) is 3.14. The molecule has 2 aliphatic carbocycles. The maximum absolute atomic E-state index is 12.6. The number of carbonyl (C=O) groups is 1. The van der Waals surface area contributed by atoms with Gasteiger partial charge in [-0.05, 0) is 50.7 Å². The first-order valence-corrected chi connectivity index (χ1v) is 6.93. The van der Waals surface area contributed by atoms with Gasteiger partial charge in [-0.15, -0.1) is 0 Å². The molecule has 1 heterocycles. The molecule has 1 aromatic rings. The lowest BCUT2D eigenvalue weighted by Gasteiger charge is -2.22. The minimum atomic E-state index is 0.122. The predicted octanol–water partition coefficient (Wildman–Crippen LogP) is 1.69. The van der Waals surface area contributed by atoms with Gasteiger partial charge >= 0.3 is 0 Å². The van der Waals surface area contributed by atoms with Crippen LogP contribution in [0.2, 0.25) is 0 Å². The lowest BCUT2D eigenvalue weighted by Crippen LogP contribution is -2.35. The summed E-state index contributed by atoms with van der Waals surface area (Å²) in [6, 6.07) is 4.03. The van der Waals surface area contributed by atoms with Crippen LogP contribution in [0.3, 0.4) is 0 Å². The van der Waals surface area contributed by atoms with Gasteiger partial charge in [0.25, 0.3) is 5.91 Å². The summed E-state index contributed by atoms with van der Waals surface area (Å²) in [5.41, 5.74) is 4.01. The minimum absolute atomic E-state index is 0.122. The number of anilines is 1. The van der Waals surface area contributed by atoms with E-state index in [1.54, 1.807) is 6.07 Å². The highest BCUT2D eigenvalue weighted by molar-refractivity contribution is 5.95. The molecule has 0 aromatic carbocycles. The average Bonchev–Trinajstić information content (AvgIpc) is 3.27. The van der Waals surface area contributed by atoms with Crippen molar-refractivity contribution < 1.29 is 4.79 Å². The van der Waals surface area contributed by atoms with Crippen molar-refractivity contribution in [3.63, 3.8) is 0 Å². The molecule has 0 saturated heterocycles. The molecule has 3 rings (SSSR count). The fourth-order valence-electron chi connectivity index (χ4n) is 2.39. The quantitative estimate of drug-likeness (QED) is 0.624. The van der Waals surface area contributed by atoms with Crippen molar-refractivity contribution in [1.82, 2.24) is 9.88 Å². The van der Waals surface area contributed by atoms with Crippen LogP contribution in [-0.2, 0) is 0 Å². The van der Waals surface area contributed by atoms with Gasteiger partial charge in [0.1, 0.15) is 5.82 Å². The highest BCUT2D eigenvalue weighted by Gasteiger charge is 2.36. The van der Waals surface area contributed by atoms with Crippen molar-refractivity contribution in [3.8, 4) is 0 Å². The molecule has 1 amide bonds. The van der Waals surface area contributed by atoms with E-state index in [9.17, 15) is 4.79 Å². The Labute approximate surface area is 113 Å². The van der Waals surface area contributed by atoms with E-state index in [4.69, 9.17) is 5.84 Å². The highest BCUT2D eigenvalue weighted by atomic mass is 16.2. The van der Waals surface area contributed by atoms with Crippen molar-refractivity contribution in [2.24, 2.45) is 11.8 Å². The number of hydrogen-bond donors (Lipinski definition) is 2. The van der Waals surface area contributed by atoms with Crippen LogP contribution in [0, 0.1) is 12.8 Å².